The van der Waals surface area contributed by atoms with Crippen molar-refractivity contribution < 1.29 is 14.5 Å². The number of anilines is 1. The van der Waals surface area contributed by atoms with Crippen LogP contribution in [0.1, 0.15) is 55.8 Å². The van der Waals surface area contributed by atoms with Gasteiger partial charge in [-0.1, -0.05) is 25.7 Å². The van der Waals surface area contributed by atoms with Crippen LogP contribution in [-0.2, 0) is 4.79 Å². The summed E-state index contributed by atoms with van der Waals surface area (Å²) in [5.41, 5.74) is 0.804. The fraction of sp³-hybridized carbons (Fsp3) is 0.600. The van der Waals surface area contributed by atoms with Gasteiger partial charge in [-0.2, -0.15) is 0 Å². The minimum Gasteiger partial charge on any atom is -0.362 e. The predicted molar refractivity (Wildman–Crippen MR) is 103 cm³/mol. The summed E-state index contributed by atoms with van der Waals surface area (Å²) in [5, 5.41) is 11.4. The van der Waals surface area contributed by atoms with Crippen molar-refractivity contribution in [3.8, 4) is 0 Å². The third kappa shape index (κ3) is 4.64. The van der Waals surface area contributed by atoms with E-state index in [9.17, 15) is 19.7 Å². The van der Waals surface area contributed by atoms with E-state index in [0.717, 1.165) is 6.42 Å². The molecule has 1 saturated carbocycles. The smallest absolute Gasteiger partial charge is 0.293 e. The maximum atomic E-state index is 12.5. The fourth-order valence-electron chi connectivity index (χ4n) is 4.14. The number of amides is 1. The summed E-state index contributed by atoms with van der Waals surface area (Å²) in [7, 11) is 0. The number of Topliss-reactive ketones (excluding diaryl/α,β-unsaturated/α-hetero) is 1. The van der Waals surface area contributed by atoms with Crippen molar-refractivity contribution in [2.45, 2.75) is 45.4 Å². The van der Waals surface area contributed by atoms with Crippen molar-refractivity contribution in [1.82, 2.24) is 4.90 Å². The Bertz CT molecular complexity index is 720. The molecular weight excluding hydrogens is 346 g/mol. The van der Waals surface area contributed by atoms with Gasteiger partial charge in [-0.25, -0.2) is 0 Å². The molecule has 0 unspecified atom stereocenters. The minimum atomic E-state index is -0.444. The average molecular weight is 373 g/mol. The first-order valence-corrected chi connectivity index (χ1v) is 9.78. The van der Waals surface area contributed by atoms with E-state index in [2.05, 4.69) is 0 Å². The van der Waals surface area contributed by atoms with Crippen LogP contribution in [0, 0.1) is 16.0 Å². The monoisotopic (exact) mass is 373 g/mol. The standard InChI is InChI=1S/C20H27N3O4/c1-15(24)17-7-8-18(19(14-17)23(26)27)21-10-12-22(13-11-21)20(25)9-6-16-4-2-3-5-16/h7-8,14,16H,2-6,9-13H2,1H3. The lowest BCUT2D eigenvalue weighted by atomic mass is 10.0. The molecule has 1 aliphatic heterocycles. The summed E-state index contributed by atoms with van der Waals surface area (Å²) in [4.78, 5) is 38.7. The molecule has 1 aliphatic carbocycles. The van der Waals surface area contributed by atoms with Crippen molar-refractivity contribution >= 4 is 23.1 Å². The van der Waals surface area contributed by atoms with E-state index in [0.29, 0.717) is 49.8 Å². The van der Waals surface area contributed by atoms with Gasteiger partial charge in [-0.3, -0.25) is 19.7 Å². The number of nitrogens with zero attached hydrogens (tertiary/aromatic N) is 3. The van der Waals surface area contributed by atoms with Crippen molar-refractivity contribution in [2.75, 3.05) is 31.1 Å². The summed E-state index contributed by atoms with van der Waals surface area (Å²) in [6.07, 6.45) is 6.68. The van der Waals surface area contributed by atoms with Crippen LogP contribution in [0.25, 0.3) is 0 Å². The summed E-state index contributed by atoms with van der Waals surface area (Å²) in [5.74, 6) is 0.711. The Morgan fingerprint density at radius 1 is 1.15 bits per heavy atom. The molecule has 27 heavy (non-hydrogen) atoms. The average Bonchev–Trinajstić information content (AvgIpc) is 3.19. The molecule has 2 fully saturated rings. The number of benzene rings is 1. The molecule has 7 nitrogen and oxygen atoms in total. The summed E-state index contributed by atoms with van der Waals surface area (Å²) < 4.78 is 0. The number of ketones is 1. The Labute approximate surface area is 159 Å². The van der Waals surface area contributed by atoms with Crippen molar-refractivity contribution in [3.63, 3.8) is 0 Å². The summed E-state index contributed by atoms with van der Waals surface area (Å²) in [6, 6.07) is 4.62. The molecule has 0 atom stereocenters. The van der Waals surface area contributed by atoms with Gasteiger partial charge in [0.15, 0.2) is 5.78 Å². The van der Waals surface area contributed by atoms with Gasteiger partial charge < -0.3 is 9.80 Å². The number of hydrogen-bond donors (Lipinski definition) is 0. The van der Waals surface area contributed by atoms with Crippen molar-refractivity contribution in [3.05, 3.63) is 33.9 Å². The lowest BCUT2D eigenvalue weighted by Gasteiger charge is -2.36. The second-order valence-corrected chi connectivity index (χ2v) is 7.57. The molecule has 0 radical (unpaired) electrons. The van der Waals surface area contributed by atoms with Gasteiger partial charge in [0.1, 0.15) is 5.69 Å². The molecule has 1 amide bonds. The first-order chi connectivity index (χ1) is 13.0. The van der Waals surface area contributed by atoms with E-state index in [1.165, 1.54) is 38.7 Å². The molecule has 1 saturated heterocycles. The molecule has 1 heterocycles. The van der Waals surface area contributed by atoms with Gasteiger partial charge >= 0.3 is 0 Å². The SMILES string of the molecule is CC(=O)c1ccc(N2CCN(C(=O)CCC3CCCC3)CC2)c([N+](=O)[O-])c1. The summed E-state index contributed by atoms with van der Waals surface area (Å²) in [6.45, 7) is 3.68. The van der Waals surface area contributed by atoms with Crippen LogP contribution in [0.3, 0.4) is 0 Å². The van der Waals surface area contributed by atoms with Crippen LogP contribution in [0.15, 0.2) is 18.2 Å². The van der Waals surface area contributed by atoms with E-state index >= 15 is 0 Å². The molecule has 0 aromatic heterocycles. The molecule has 146 valence electrons. The Hall–Kier alpha value is -2.44. The van der Waals surface area contributed by atoms with Crippen LogP contribution < -0.4 is 4.90 Å². The Morgan fingerprint density at radius 2 is 1.81 bits per heavy atom. The highest BCUT2D eigenvalue weighted by atomic mass is 16.6. The fourth-order valence-corrected chi connectivity index (χ4v) is 4.14. The number of carbonyl (C=O) groups is 2. The van der Waals surface area contributed by atoms with E-state index in [1.54, 1.807) is 12.1 Å². The zero-order valence-electron chi connectivity index (χ0n) is 15.9. The minimum absolute atomic E-state index is 0.0521. The van der Waals surface area contributed by atoms with E-state index in [1.807, 2.05) is 9.80 Å². The number of hydrogen-bond acceptors (Lipinski definition) is 5. The lowest BCUT2D eigenvalue weighted by molar-refractivity contribution is -0.384. The van der Waals surface area contributed by atoms with Gasteiger partial charge in [0.05, 0.1) is 4.92 Å². The highest BCUT2D eigenvalue weighted by Gasteiger charge is 2.27. The molecule has 0 spiro atoms. The molecule has 2 aliphatic rings. The van der Waals surface area contributed by atoms with Crippen molar-refractivity contribution in [1.29, 1.82) is 0 Å². The summed E-state index contributed by atoms with van der Waals surface area (Å²) >= 11 is 0. The van der Waals surface area contributed by atoms with Gasteiger partial charge in [0.25, 0.3) is 5.69 Å². The van der Waals surface area contributed by atoms with E-state index in [4.69, 9.17) is 0 Å². The van der Waals surface area contributed by atoms with Gasteiger partial charge in [-0.05, 0) is 31.4 Å². The Kier molecular flexibility index (Phi) is 6.08. The molecule has 1 aromatic carbocycles. The zero-order valence-corrected chi connectivity index (χ0v) is 15.9. The second-order valence-electron chi connectivity index (χ2n) is 7.57. The van der Waals surface area contributed by atoms with E-state index < -0.39 is 4.92 Å². The highest BCUT2D eigenvalue weighted by molar-refractivity contribution is 5.95. The third-order valence-corrected chi connectivity index (χ3v) is 5.79. The molecule has 7 heteroatoms. The van der Waals surface area contributed by atoms with Gasteiger partial charge in [0, 0.05) is 44.2 Å². The van der Waals surface area contributed by atoms with Gasteiger partial charge in [0.2, 0.25) is 5.91 Å². The number of piperazine rings is 1. The van der Waals surface area contributed by atoms with Crippen LogP contribution >= 0.6 is 0 Å². The first-order valence-electron chi connectivity index (χ1n) is 9.78. The number of nitro groups is 1. The molecule has 3 rings (SSSR count). The Morgan fingerprint density at radius 3 is 2.41 bits per heavy atom. The zero-order chi connectivity index (χ0) is 19.4. The quantitative estimate of drug-likeness (QED) is 0.433. The number of nitro benzene ring substituents is 1. The molecule has 0 bridgehead atoms. The van der Waals surface area contributed by atoms with Crippen LogP contribution in [0.2, 0.25) is 0 Å². The van der Waals surface area contributed by atoms with Crippen molar-refractivity contribution in [2.24, 2.45) is 5.92 Å². The second kappa shape index (κ2) is 8.50. The number of rotatable bonds is 6. The molecule has 0 N–H and O–H groups in total. The van der Waals surface area contributed by atoms with Crippen LogP contribution in [-0.4, -0.2) is 47.7 Å². The van der Waals surface area contributed by atoms with Crippen LogP contribution in [0.4, 0.5) is 11.4 Å². The topological polar surface area (TPSA) is 83.8 Å². The Balaban J connectivity index is 1.59. The maximum Gasteiger partial charge on any atom is 0.293 e. The van der Waals surface area contributed by atoms with Crippen LogP contribution in [0.5, 0.6) is 0 Å². The largest absolute Gasteiger partial charge is 0.362 e. The normalized spacial score (nSPS) is 18.0. The number of carbonyl (C=O) groups excluding carboxylic acids is 2. The lowest BCUT2D eigenvalue weighted by Crippen LogP contribution is -2.49. The molecular formula is C20H27N3O4. The predicted octanol–water partition coefficient (Wildman–Crippen LogP) is 3.42. The van der Waals surface area contributed by atoms with E-state index in [-0.39, 0.29) is 17.4 Å². The highest BCUT2D eigenvalue weighted by Crippen LogP contribution is 2.31. The maximum absolute atomic E-state index is 12.5. The third-order valence-electron chi connectivity index (χ3n) is 5.79. The first kappa shape index (κ1) is 19.3. The van der Waals surface area contributed by atoms with Gasteiger partial charge in [-0.15, -0.1) is 0 Å². The molecule has 1 aromatic rings.